The van der Waals surface area contributed by atoms with Crippen LogP contribution in [0.15, 0.2) is 97.1 Å². The number of rotatable bonds is 12. The Kier molecular flexibility index (Phi) is 11.3. The Morgan fingerprint density at radius 1 is 0.830 bits per heavy atom. The standard InChI is InChI=1S/C39H48N4O4/c1-41(36(45)15-9-22-39(40)23-10-24-39)34(28-30-16-18-32(19-17-30)31-13-7-4-8-14-31)37(46)42(2)35(27-29-11-5-3-6-12-29)38(47)43-25-20-33(44)21-26-43/h3-9,11-19,33-35,44H,10,20-28,40H2,1-2H3/b15-9+/t34-,35?/m1/s1. The van der Waals surface area contributed by atoms with E-state index in [1.165, 1.54) is 15.9 Å². The highest BCUT2D eigenvalue weighted by atomic mass is 16.3. The van der Waals surface area contributed by atoms with Crippen molar-refractivity contribution < 1.29 is 19.5 Å². The summed E-state index contributed by atoms with van der Waals surface area (Å²) in [6, 6.07) is 26.2. The van der Waals surface area contributed by atoms with Crippen LogP contribution in [0.2, 0.25) is 0 Å². The van der Waals surface area contributed by atoms with Crippen molar-refractivity contribution in [2.45, 2.75) is 75.1 Å². The molecule has 3 N–H and O–H groups in total. The molecule has 8 nitrogen and oxygen atoms in total. The summed E-state index contributed by atoms with van der Waals surface area (Å²) >= 11 is 0. The highest BCUT2D eigenvalue weighted by Gasteiger charge is 2.37. The molecule has 1 aliphatic heterocycles. The average Bonchev–Trinajstić information content (AvgIpc) is 3.09. The molecular formula is C39H48N4O4. The van der Waals surface area contributed by atoms with Crippen LogP contribution in [0.1, 0.15) is 49.7 Å². The van der Waals surface area contributed by atoms with E-state index in [-0.39, 0.29) is 29.7 Å². The highest BCUT2D eigenvalue weighted by molar-refractivity contribution is 5.95. The van der Waals surface area contributed by atoms with Crippen LogP contribution in [0.3, 0.4) is 0 Å². The molecule has 2 fully saturated rings. The first kappa shape index (κ1) is 34.1. The Hall–Kier alpha value is -4.27. The Labute approximate surface area is 278 Å². The number of nitrogens with zero attached hydrogens (tertiary/aromatic N) is 3. The Morgan fingerprint density at radius 3 is 1.98 bits per heavy atom. The zero-order valence-corrected chi connectivity index (χ0v) is 27.6. The lowest BCUT2D eigenvalue weighted by Crippen LogP contribution is -2.57. The molecule has 2 atom stereocenters. The first-order chi connectivity index (χ1) is 22.6. The molecule has 0 spiro atoms. The van der Waals surface area contributed by atoms with Crippen LogP contribution >= 0.6 is 0 Å². The molecule has 248 valence electrons. The average molecular weight is 637 g/mol. The lowest BCUT2D eigenvalue weighted by molar-refractivity contribution is -0.150. The molecule has 1 aliphatic carbocycles. The van der Waals surface area contributed by atoms with Gasteiger partial charge in [-0.05, 0) is 66.9 Å². The van der Waals surface area contributed by atoms with Crippen molar-refractivity contribution in [1.29, 1.82) is 0 Å². The molecule has 3 aromatic rings. The summed E-state index contributed by atoms with van der Waals surface area (Å²) in [6.45, 7) is 0.882. The molecule has 1 saturated heterocycles. The number of likely N-dealkylation sites (N-methyl/N-ethyl adjacent to an activating group) is 2. The fraction of sp³-hybridized carbons (Fsp3) is 0.410. The van der Waals surface area contributed by atoms with Crippen LogP contribution < -0.4 is 5.73 Å². The lowest BCUT2D eigenvalue weighted by Gasteiger charge is -2.38. The van der Waals surface area contributed by atoms with Gasteiger partial charge in [0.2, 0.25) is 17.7 Å². The molecule has 2 aliphatic rings. The van der Waals surface area contributed by atoms with Gasteiger partial charge < -0.3 is 25.5 Å². The predicted octanol–water partition coefficient (Wildman–Crippen LogP) is 4.60. The zero-order chi connectivity index (χ0) is 33.4. The van der Waals surface area contributed by atoms with Gasteiger partial charge in [0.05, 0.1) is 6.10 Å². The fourth-order valence-electron chi connectivity index (χ4n) is 6.49. The molecule has 3 amide bonds. The molecule has 5 rings (SSSR count). The molecule has 1 heterocycles. The summed E-state index contributed by atoms with van der Waals surface area (Å²) in [5, 5.41) is 10.1. The number of aliphatic hydroxyl groups is 1. The third-order valence-electron chi connectivity index (χ3n) is 9.87. The van der Waals surface area contributed by atoms with Crippen molar-refractivity contribution in [3.8, 4) is 11.1 Å². The number of hydrogen-bond acceptors (Lipinski definition) is 5. The van der Waals surface area contributed by atoms with Gasteiger partial charge in [0.25, 0.3) is 0 Å². The van der Waals surface area contributed by atoms with Gasteiger partial charge in [-0.25, -0.2) is 0 Å². The second-order valence-corrected chi connectivity index (χ2v) is 13.3. The fourth-order valence-corrected chi connectivity index (χ4v) is 6.49. The number of carbonyl (C=O) groups excluding carboxylic acids is 3. The first-order valence-electron chi connectivity index (χ1n) is 16.8. The van der Waals surface area contributed by atoms with Crippen molar-refractivity contribution in [1.82, 2.24) is 14.7 Å². The number of carbonyl (C=O) groups is 3. The van der Waals surface area contributed by atoms with E-state index in [1.54, 1.807) is 19.0 Å². The number of benzene rings is 3. The summed E-state index contributed by atoms with van der Waals surface area (Å²) in [5.41, 5.74) is 10.1. The van der Waals surface area contributed by atoms with Gasteiger partial charge in [-0.1, -0.05) is 91.0 Å². The zero-order valence-electron chi connectivity index (χ0n) is 27.6. The lowest BCUT2D eigenvalue weighted by atomic mass is 9.75. The predicted molar refractivity (Wildman–Crippen MR) is 185 cm³/mol. The van der Waals surface area contributed by atoms with E-state index in [1.807, 2.05) is 78.9 Å². The Bertz CT molecular complexity index is 1510. The van der Waals surface area contributed by atoms with Crippen LogP contribution in [-0.2, 0) is 27.2 Å². The minimum Gasteiger partial charge on any atom is -0.393 e. The van der Waals surface area contributed by atoms with Crippen LogP contribution in [0.4, 0.5) is 0 Å². The van der Waals surface area contributed by atoms with Gasteiger partial charge in [-0.3, -0.25) is 14.4 Å². The summed E-state index contributed by atoms with van der Waals surface area (Å²) in [4.78, 5) is 46.9. The number of piperidine rings is 1. The van der Waals surface area contributed by atoms with Gasteiger partial charge in [-0.15, -0.1) is 0 Å². The van der Waals surface area contributed by atoms with E-state index in [2.05, 4.69) is 12.1 Å². The van der Waals surface area contributed by atoms with E-state index in [0.29, 0.717) is 38.8 Å². The van der Waals surface area contributed by atoms with E-state index in [4.69, 9.17) is 5.73 Å². The number of aliphatic hydroxyl groups excluding tert-OH is 1. The second-order valence-electron chi connectivity index (χ2n) is 13.3. The molecule has 1 unspecified atom stereocenters. The van der Waals surface area contributed by atoms with Crippen LogP contribution in [0.5, 0.6) is 0 Å². The molecule has 3 aromatic carbocycles. The molecule has 47 heavy (non-hydrogen) atoms. The molecular weight excluding hydrogens is 588 g/mol. The summed E-state index contributed by atoms with van der Waals surface area (Å²) < 4.78 is 0. The maximum atomic E-state index is 14.5. The topological polar surface area (TPSA) is 107 Å². The Morgan fingerprint density at radius 2 is 1.38 bits per heavy atom. The smallest absolute Gasteiger partial charge is 0.246 e. The van der Waals surface area contributed by atoms with Gasteiger partial charge in [0.1, 0.15) is 12.1 Å². The molecule has 0 aromatic heterocycles. The van der Waals surface area contributed by atoms with Crippen LogP contribution in [-0.4, -0.2) is 88.4 Å². The summed E-state index contributed by atoms with van der Waals surface area (Å²) in [5.74, 6) is -0.733. The Balaban J connectivity index is 1.40. The number of amides is 3. The van der Waals surface area contributed by atoms with Crippen LogP contribution in [0, 0.1) is 0 Å². The molecule has 8 heteroatoms. The summed E-state index contributed by atoms with van der Waals surface area (Å²) in [6.07, 6.45) is 8.19. The van der Waals surface area contributed by atoms with Crippen LogP contribution in [0.25, 0.3) is 11.1 Å². The monoisotopic (exact) mass is 636 g/mol. The molecule has 0 bridgehead atoms. The summed E-state index contributed by atoms with van der Waals surface area (Å²) in [7, 11) is 3.32. The number of hydrogen-bond donors (Lipinski definition) is 2. The van der Waals surface area contributed by atoms with Gasteiger partial charge >= 0.3 is 0 Å². The minimum atomic E-state index is -0.843. The SMILES string of the molecule is CN(C(=O)[C@@H](Cc1ccc(-c2ccccc2)cc1)N(C)C(=O)/C=C/CC1(N)CCC1)C(Cc1ccccc1)C(=O)N1CCC(O)CC1. The van der Waals surface area contributed by atoms with Crippen molar-refractivity contribution in [2.24, 2.45) is 5.73 Å². The van der Waals surface area contributed by atoms with Crippen molar-refractivity contribution in [3.05, 3.63) is 108 Å². The van der Waals surface area contributed by atoms with Gasteiger partial charge in [0.15, 0.2) is 0 Å². The van der Waals surface area contributed by atoms with Crippen molar-refractivity contribution in [2.75, 3.05) is 27.2 Å². The van der Waals surface area contributed by atoms with E-state index in [9.17, 15) is 19.5 Å². The molecule has 0 radical (unpaired) electrons. The third-order valence-corrected chi connectivity index (χ3v) is 9.87. The van der Waals surface area contributed by atoms with Crippen molar-refractivity contribution in [3.63, 3.8) is 0 Å². The van der Waals surface area contributed by atoms with E-state index >= 15 is 0 Å². The maximum Gasteiger partial charge on any atom is 0.246 e. The van der Waals surface area contributed by atoms with Gasteiger partial charge in [0, 0.05) is 45.6 Å². The van der Waals surface area contributed by atoms with E-state index in [0.717, 1.165) is 41.5 Å². The van der Waals surface area contributed by atoms with E-state index < -0.39 is 18.2 Å². The number of likely N-dealkylation sites (tertiary alicyclic amines) is 1. The second kappa shape index (κ2) is 15.5. The quantitative estimate of drug-likeness (QED) is 0.283. The highest BCUT2D eigenvalue weighted by Crippen LogP contribution is 2.32. The largest absolute Gasteiger partial charge is 0.393 e. The molecule has 1 saturated carbocycles. The van der Waals surface area contributed by atoms with Crippen molar-refractivity contribution >= 4 is 17.7 Å². The number of nitrogens with two attached hydrogens (primary N) is 1. The maximum absolute atomic E-state index is 14.5. The first-order valence-corrected chi connectivity index (χ1v) is 16.8. The van der Waals surface area contributed by atoms with Gasteiger partial charge in [-0.2, -0.15) is 0 Å². The minimum absolute atomic E-state index is 0.148. The normalized spacial score (nSPS) is 17.5. The third kappa shape index (κ3) is 8.76.